The number of carbonyl (C=O) groups excluding carboxylic acids is 1. The third kappa shape index (κ3) is 4.83. The molecule has 0 aliphatic carbocycles. The molecule has 1 N–H and O–H groups in total. The van der Waals surface area contributed by atoms with Crippen LogP contribution in [0.2, 0.25) is 0 Å². The summed E-state index contributed by atoms with van der Waals surface area (Å²) in [6.45, 7) is 2.34. The number of nitrogens with zero attached hydrogens (tertiary/aromatic N) is 1. The first-order valence-electron chi connectivity index (χ1n) is 8.95. The fourth-order valence-corrected chi connectivity index (χ4v) is 3.38. The third-order valence-electron chi connectivity index (χ3n) is 4.75. The maximum Gasteiger partial charge on any atom is 0.237 e. The lowest BCUT2D eigenvalue weighted by molar-refractivity contribution is -0.128. The number of rotatable bonds is 6. The Morgan fingerprint density at radius 3 is 2.72 bits per heavy atom. The second-order valence-corrected chi connectivity index (χ2v) is 6.54. The van der Waals surface area contributed by atoms with Gasteiger partial charge in [0, 0.05) is 13.1 Å². The summed E-state index contributed by atoms with van der Waals surface area (Å²) in [5.74, 6) is 0.938. The Bertz CT molecular complexity index is 687. The van der Waals surface area contributed by atoms with Crippen molar-refractivity contribution in [3.63, 3.8) is 0 Å². The molecule has 0 saturated carbocycles. The third-order valence-corrected chi connectivity index (χ3v) is 4.75. The number of nitrogens with one attached hydrogen (secondary N) is 1. The molecular formula is C21H26N2O2. The van der Waals surface area contributed by atoms with E-state index in [0.717, 1.165) is 43.7 Å². The number of likely N-dealkylation sites (tertiary alicyclic amines) is 1. The summed E-state index contributed by atoms with van der Waals surface area (Å²) >= 11 is 0. The molecule has 0 unspecified atom stereocenters. The highest BCUT2D eigenvalue weighted by Gasteiger charge is 2.28. The molecule has 1 saturated heterocycles. The quantitative estimate of drug-likeness (QED) is 0.878. The Balaban J connectivity index is 1.60. The highest BCUT2D eigenvalue weighted by Crippen LogP contribution is 2.20. The summed E-state index contributed by atoms with van der Waals surface area (Å²) in [6.07, 6.45) is 3.20. The molecule has 1 heterocycles. The Morgan fingerprint density at radius 1 is 1.12 bits per heavy atom. The number of hydrogen-bond acceptors (Lipinski definition) is 3. The number of benzene rings is 2. The molecule has 132 valence electrons. The standard InChI is InChI=1S/C21H26N2O2/c1-25-19-11-7-10-18(14-19)15-22-21(24)20-12-5-6-13-23(20)16-17-8-3-2-4-9-17/h2-4,7-11,14,20H,5-6,12-13,15-16H2,1H3,(H,22,24)/t20-/m0/s1. The average molecular weight is 338 g/mol. The van der Waals surface area contributed by atoms with Gasteiger partial charge in [0.15, 0.2) is 0 Å². The molecular weight excluding hydrogens is 312 g/mol. The molecule has 25 heavy (non-hydrogen) atoms. The maximum atomic E-state index is 12.7. The highest BCUT2D eigenvalue weighted by atomic mass is 16.5. The Morgan fingerprint density at radius 2 is 1.92 bits per heavy atom. The van der Waals surface area contributed by atoms with Gasteiger partial charge in [-0.2, -0.15) is 0 Å². The molecule has 2 aromatic rings. The van der Waals surface area contributed by atoms with E-state index >= 15 is 0 Å². The molecule has 1 amide bonds. The van der Waals surface area contributed by atoms with Crippen molar-refractivity contribution in [1.29, 1.82) is 0 Å². The number of carbonyl (C=O) groups is 1. The van der Waals surface area contributed by atoms with E-state index in [-0.39, 0.29) is 11.9 Å². The number of ether oxygens (including phenoxy) is 1. The van der Waals surface area contributed by atoms with Crippen molar-refractivity contribution < 1.29 is 9.53 Å². The van der Waals surface area contributed by atoms with Crippen molar-refractivity contribution in [1.82, 2.24) is 10.2 Å². The van der Waals surface area contributed by atoms with Crippen molar-refractivity contribution in [2.45, 2.75) is 38.4 Å². The van der Waals surface area contributed by atoms with Gasteiger partial charge in [-0.05, 0) is 42.6 Å². The molecule has 0 radical (unpaired) electrons. The molecule has 1 aliphatic heterocycles. The minimum absolute atomic E-state index is 0.0421. The Hall–Kier alpha value is -2.33. The predicted molar refractivity (Wildman–Crippen MR) is 99.3 cm³/mol. The van der Waals surface area contributed by atoms with Gasteiger partial charge < -0.3 is 10.1 Å². The van der Waals surface area contributed by atoms with E-state index in [1.165, 1.54) is 5.56 Å². The van der Waals surface area contributed by atoms with Crippen molar-refractivity contribution >= 4 is 5.91 Å². The molecule has 1 aliphatic rings. The van der Waals surface area contributed by atoms with Crippen LogP contribution in [0.5, 0.6) is 5.75 Å². The smallest absolute Gasteiger partial charge is 0.237 e. The monoisotopic (exact) mass is 338 g/mol. The van der Waals surface area contributed by atoms with E-state index in [4.69, 9.17) is 4.74 Å². The van der Waals surface area contributed by atoms with Crippen molar-refractivity contribution in [2.75, 3.05) is 13.7 Å². The fourth-order valence-electron chi connectivity index (χ4n) is 3.38. The van der Waals surface area contributed by atoms with Crippen LogP contribution in [-0.4, -0.2) is 30.5 Å². The topological polar surface area (TPSA) is 41.6 Å². The summed E-state index contributed by atoms with van der Waals surface area (Å²) < 4.78 is 5.24. The van der Waals surface area contributed by atoms with E-state index < -0.39 is 0 Å². The summed E-state index contributed by atoms with van der Waals surface area (Å²) in [5.41, 5.74) is 2.31. The zero-order chi connectivity index (χ0) is 17.5. The lowest BCUT2D eigenvalue weighted by Gasteiger charge is -2.34. The van der Waals surface area contributed by atoms with Gasteiger partial charge in [-0.15, -0.1) is 0 Å². The van der Waals surface area contributed by atoms with E-state index in [1.54, 1.807) is 7.11 Å². The van der Waals surface area contributed by atoms with Crippen LogP contribution < -0.4 is 10.1 Å². The van der Waals surface area contributed by atoms with Gasteiger partial charge in [0.1, 0.15) is 5.75 Å². The van der Waals surface area contributed by atoms with E-state index in [2.05, 4.69) is 34.5 Å². The SMILES string of the molecule is COc1cccc(CNC(=O)[C@@H]2CCCCN2Cc2ccccc2)c1. The van der Waals surface area contributed by atoms with E-state index in [1.807, 2.05) is 30.3 Å². The molecule has 0 spiro atoms. The first-order chi connectivity index (χ1) is 12.3. The summed E-state index contributed by atoms with van der Waals surface area (Å²) in [7, 11) is 1.65. The van der Waals surface area contributed by atoms with Gasteiger partial charge in [0.25, 0.3) is 0 Å². The normalized spacial score (nSPS) is 17.9. The Labute approximate surface area is 149 Å². The van der Waals surface area contributed by atoms with Gasteiger partial charge in [0.2, 0.25) is 5.91 Å². The summed E-state index contributed by atoms with van der Waals surface area (Å²) in [5, 5.41) is 3.10. The number of amides is 1. The number of methoxy groups -OCH3 is 1. The average Bonchev–Trinajstić information content (AvgIpc) is 2.67. The molecule has 0 bridgehead atoms. The zero-order valence-electron chi connectivity index (χ0n) is 14.8. The van der Waals surface area contributed by atoms with Crippen LogP contribution in [0.15, 0.2) is 54.6 Å². The molecule has 4 heteroatoms. The lowest BCUT2D eigenvalue weighted by Crippen LogP contribution is -2.48. The van der Waals surface area contributed by atoms with Crippen LogP contribution in [0.4, 0.5) is 0 Å². The van der Waals surface area contributed by atoms with Gasteiger partial charge in [-0.3, -0.25) is 9.69 Å². The largest absolute Gasteiger partial charge is 0.497 e. The van der Waals surface area contributed by atoms with Crippen LogP contribution in [0, 0.1) is 0 Å². The van der Waals surface area contributed by atoms with Crippen LogP contribution in [0.3, 0.4) is 0 Å². The van der Waals surface area contributed by atoms with E-state index in [0.29, 0.717) is 6.54 Å². The van der Waals surface area contributed by atoms with Crippen LogP contribution in [0.25, 0.3) is 0 Å². The van der Waals surface area contributed by atoms with Gasteiger partial charge in [0.05, 0.1) is 13.2 Å². The van der Waals surface area contributed by atoms with Gasteiger partial charge >= 0.3 is 0 Å². The first-order valence-corrected chi connectivity index (χ1v) is 8.95. The molecule has 1 fully saturated rings. The predicted octanol–water partition coefficient (Wildman–Crippen LogP) is 3.37. The fraction of sp³-hybridized carbons (Fsp3) is 0.381. The van der Waals surface area contributed by atoms with Crippen LogP contribution in [-0.2, 0) is 17.9 Å². The summed E-state index contributed by atoms with van der Waals surface area (Å²) in [6, 6.07) is 18.2. The molecule has 3 rings (SSSR count). The second-order valence-electron chi connectivity index (χ2n) is 6.54. The number of piperidine rings is 1. The first kappa shape index (κ1) is 17.5. The Kier molecular flexibility index (Phi) is 6.07. The van der Waals surface area contributed by atoms with Crippen LogP contribution >= 0.6 is 0 Å². The molecule has 4 nitrogen and oxygen atoms in total. The van der Waals surface area contributed by atoms with Gasteiger partial charge in [-0.25, -0.2) is 0 Å². The van der Waals surface area contributed by atoms with Crippen molar-refractivity contribution in [3.8, 4) is 5.75 Å². The zero-order valence-corrected chi connectivity index (χ0v) is 14.8. The molecule has 0 aromatic heterocycles. The highest BCUT2D eigenvalue weighted by molar-refractivity contribution is 5.81. The second kappa shape index (κ2) is 8.67. The van der Waals surface area contributed by atoms with Crippen molar-refractivity contribution in [3.05, 3.63) is 65.7 Å². The maximum absolute atomic E-state index is 12.7. The van der Waals surface area contributed by atoms with E-state index in [9.17, 15) is 4.79 Å². The minimum atomic E-state index is -0.0421. The number of hydrogen-bond donors (Lipinski definition) is 1. The van der Waals surface area contributed by atoms with Gasteiger partial charge in [-0.1, -0.05) is 48.9 Å². The van der Waals surface area contributed by atoms with Crippen molar-refractivity contribution in [2.24, 2.45) is 0 Å². The molecule has 2 aromatic carbocycles. The molecule has 1 atom stereocenters. The lowest BCUT2D eigenvalue weighted by atomic mass is 10.00. The summed E-state index contributed by atoms with van der Waals surface area (Å²) in [4.78, 5) is 15.0. The van der Waals surface area contributed by atoms with Crippen LogP contribution in [0.1, 0.15) is 30.4 Å². The minimum Gasteiger partial charge on any atom is -0.497 e.